The minimum Gasteiger partial charge on any atom is -0.493 e. The summed E-state index contributed by atoms with van der Waals surface area (Å²) in [5.41, 5.74) is 0.714. The number of benzene rings is 2. The van der Waals surface area contributed by atoms with Crippen molar-refractivity contribution in [2.75, 3.05) is 12.9 Å². The van der Waals surface area contributed by atoms with Crippen LogP contribution in [0.3, 0.4) is 0 Å². The number of ether oxygens (including phenoxy) is 2. The Morgan fingerprint density at radius 1 is 1.22 bits per heavy atom. The standard InChI is InChI=1S/C22H19N5O7S2/c1-3-36(31,32)22-25-26-19(23)15(20(28)24-21(26)35-22)10-13-8-9-17(18(11-13)33-2)34-12-14-6-4-5-7-16(14)27(29)30/h4-11,23H,3,12H2,1-2H3/b15-10-,23-19?. The van der Waals surface area contributed by atoms with Crippen LogP contribution >= 0.6 is 11.8 Å². The summed E-state index contributed by atoms with van der Waals surface area (Å²) in [6.07, 6.45) is 1.41. The second-order valence-corrected chi connectivity index (χ2v) is 10.8. The Bertz CT molecular complexity index is 1480. The molecule has 4 rings (SSSR count). The number of methoxy groups -OCH3 is 1. The van der Waals surface area contributed by atoms with E-state index < -0.39 is 20.7 Å². The molecule has 0 aliphatic carbocycles. The summed E-state index contributed by atoms with van der Waals surface area (Å²) < 4.78 is 35.2. The van der Waals surface area contributed by atoms with E-state index in [4.69, 9.17) is 14.9 Å². The molecule has 2 aromatic rings. The Morgan fingerprint density at radius 3 is 2.67 bits per heavy atom. The van der Waals surface area contributed by atoms with Crippen LogP contribution in [0.5, 0.6) is 11.5 Å². The molecule has 2 heterocycles. The third-order valence-corrected chi connectivity index (χ3v) is 8.24. The fourth-order valence-electron chi connectivity index (χ4n) is 3.25. The number of fused-ring (bicyclic) bond motifs is 1. The zero-order valence-electron chi connectivity index (χ0n) is 19.0. The van der Waals surface area contributed by atoms with Crippen molar-refractivity contribution >= 4 is 54.6 Å². The molecule has 0 atom stereocenters. The molecule has 0 bridgehead atoms. The van der Waals surface area contributed by atoms with Gasteiger partial charge in [-0.25, -0.2) is 8.42 Å². The highest BCUT2D eigenvalue weighted by Gasteiger charge is 2.39. The summed E-state index contributed by atoms with van der Waals surface area (Å²) in [6.45, 7) is 1.41. The first-order chi connectivity index (χ1) is 17.1. The number of nitro benzene ring substituents is 1. The predicted molar refractivity (Wildman–Crippen MR) is 135 cm³/mol. The number of hydrogen-bond acceptors (Lipinski definition) is 10. The van der Waals surface area contributed by atoms with Crippen LogP contribution in [0, 0.1) is 15.5 Å². The lowest BCUT2D eigenvalue weighted by atomic mass is 10.1. The zero-order valence-corrected chi connectivity index (χ0v) is 20.6. The molecule has 0 radical (unpaired) electrons. The highest BCUT2D eigenvalue weighted by atomic mass is 32.3. The summed E-state index contributed by atoms with van der Waals surface area (Å²) in [6, 6.07) is 11.0. The smallest absolute Gasteiger partial charge is 0.283 e. The predicted octanol–water partition coefficient (Wildman–Crippen LogP) is 3.19. The first-order valence-electron chi connectivity index (χ1n) is 10.4. The number of nitro groups is 1. The molecule has 0 unspecified atom stereocenters. The summed E-state index contributed by atoms with van der Waals surface area (Å²) >= 11 is 0.727. The number of para-hydroxylation sites is 1. The van der Waals surface area contributed by atoms with E-state index >= 15 is 0 Å². The largest absolute Gasteiger partial charge is 0.493 e. The van der Waals surface area contributed by atoms with Gasteiger partial charge in [-0.2, -0.15) is 10.0 Å². The van der Waals surface area contributed by atoms with Gasteiger partial charge in [0.1, 0.15) is 6.61 Å². The molecular formula is C22H19N5O7S2. The minimum atomic E-state index is -3.63. The number of amides is 1. The average molecular weight is 530 g/mol. The molecule has 14 heteroatoms. The van der Waals surface area contributed by atoms with Gasteiger partial charge in [0.05, 0.1) is 28.9 Å². The van der Waals surface area contributed by atoms with E-state index in [0.717, 1.165) is 16.8 Å². The molecule has 0 saturated heterocycles. The van der Waals surface area contributed by atoms with Crippen LogP contribution in [-0.2, 0) is 21.2 Å². The fraction of sp³-hybridized carbons (Fsp3) is 0.182. The molecule has 0 fully saturated rings. The molecule has 36 heavy (non-hydrogen) atoms. The van der Waals surface area contributed by atoms with E-state index in [1.807, 2.05) is 0 Å². The lowest BCUT2D eigenvalue weighted by Crippen LogP contribution is -2.35. The van der Waals surface area contributed by atoms with Crippen LogP contribution in [0.4, 0.5) is 5.69 Å². The van der Waals surface area contributed by atoms with Gasteiger partial charge in [0.15, 0.2) is 17.3 Å². The number of nitrogens with zero attached hydrogens (tertiary/aromatic N) is 4. The van der Waals surface area contributed by atoms with Crippen molar-refractivity contribution in [2.45, 2.75) is 13.5 Å². The SMILES string of the molecule is CCS(=O)(=O)C1=NN2C(=N)/C(=C/c3ccc(OCc4ccccc4[N+](=O)[O-])c(OC)c3)C(=O)N=C2S1. The fourth-order valence-corrected chi connectivity index (χ4v) is 5.41. The lowest BCUT2D eigenvalue weighted by Gasteiger charge is -2.20. The van der Waals surface area contributed by atoms with E-state index in [9.17, 15) is 23.3 Å². The maximum atomic E-state index is 12.6. The Hall–Kier alpha value is -4.04. The van der Waals surface area contributed by atoms with E-state index in [1.54, 1.807) is 36.4 Å². The normalized spacial score (nSPS) is 16.5. The molecular weight excluding hydrogens is 510 g/mol. The average Bonchev–Trinajstić information content (AvgIpc) is 3.30. The Morgan fingerprint density at radius 2 is 1.97 bits per heavy atom. The molecule has 12 nitrogen and oxygen atoms in total. The van der Waals surface area contributed by atoms with Gasteiger partial charge in [-0.15, -0.1) is 5.10 Å². The van der Waals surface area contributed by atoms with Crippen LogP contribution < -0.4 is 9.47 Å². The van der Waals surface area contributed by atoms with Crippen LogP contribution in [0.1, 0.15) is 18.1 Å². The second kappa shape index (κ2) is 9.91. The number of nitrogens with one attached hydrogen (secondary N) is 1. The number of hydrazone groups is 1. The maximum absolute atomic E-state index is 12.6. The highest BCUT2D eigenvalue weighted by molar-refractivity contribution is 8.42. The van der Waals surface area contributed by atoms with Crippen LogP contribution in [0.25, 0.3) is 6.08 Å². The first kappa shape index (κ1) is 25.1. The summed E-state index contributed by atoms with van der Waals surface area (Å²) in [7, 11) is -2.21. The van der Waals surface area contributed by atoms with E-state index in [0.29, 0.717) is 22.6 Å². The van der Waals surface area contributed by atoms with Gasteiger partial charge in [0.25, 0.3) is 11.6 Å². The van der Waals surface area contributed by atoms with E-state index in [-0.39, 0.29) is 39.0 Å². The maximum Gasteiger partial charge on any atom is 0.283 e. The molecule has 2 aromatic carbocycles. The molecule has 2 aliphatic heterocycles. The summed E-state index contributed by atoms with van der Waals surface area (Å²) in [5, 5.41) is 24.6. The number of hydrogen-bond donors (Lipinski definition) is 1. The van der Waals surface area contributed by atoms with Gasteiger partial charge in [-0.3, -0.25) is 20.3 Å². The molecule has 0 aromatic heterocycles. The Balaban J connectivity index is 1.58. The lowest BCUT2D eigenvalue weighted by molar-refractivity contribution is -0.385. The third kappa shape index (κ3) is 4.85. The van der Waals surface area contributed by atoms with Gasteiger partial charge in [0.2, 0.25) is 19.4 Å². The number of thioether (sulfide) groups is 1. The van der Waals surface area contributed by atoms with Gasteiger partial charge < -0.3 is 9.47 Å². The van der Waals surface area contributed by atoms with Gasteiger partial charge in [0, 0.05) is 6.07 Å². The van der Waals surface area contributed by atoms with E-state index in [1.165, 1.54) is 26.2 Å². The zero-order chi connectivity index (χ0) is 26.0. The number of carbonyl (C=O) groups excluding carboxylic acids is 1. The minimum absolute atomic E-state index is 0.00510. The van der Waals surface area contributed by atoms with Gasteiger partial charge >= 0.3 is 0 Å². The van der Waals surface area contributed by atoms with Crippen LogP contribution in [0.2, 0.25) is 0 Å². The first-order valence-corrected chi connectivity index (χ1v) is 12.9. The van der Waals surface area contributed by atoms with Crippen molar-refractivity contribution in [3.05, 3.63) is 69.3 Å². The monoisotopic (exact) mass is 529 g/mol. The molecule has 0 spiro atoms. The summed E-state index contributed by atoms with van der Waals surface area (Å²) in [4.78, 5) is 27.2. The Kier molecular flexibility index (Phi) is 6.90. The van der Waals surface area contributed by atoms with E-state index in [2.05, 4.69) is 10.1 Å². The quantitative estimate of drug-likeness (QED) is 0.322. The summed E-state index contributed by atoms with van der Waals surface area (Å²) in [5.74, 6) is -0.573. The topological polar surface area (TPSA) is 165 Å². The van der Waals surface area contributed by atoms with Crippen LogP contribution in [-0.4, -0.2) is 52.5 Å². The number of sulfone groups is 1. The molecule has 1 N–H and O–H groups in total. The molecule has 0 saturated carbocycles. The second-order valence-electron chi connectivity index (χ2n) is 7.37. The number of carbonyl (C=O) groups is 1. The Labute approximate surface area is 209 Å². The van der Waals surface area contributed by atoms with Gasteiger partial charge in [-0.05, 0) is 41.6 Å². The van der Waals surface area contributed by atoms with Crippen molar-refractivity contribution in [3.8, 4) is 11.5 Å². The van der Waals surface area contributed by atoms with Crippen molar-refractivity contribution in [1.29, 1.82) is 5.41 Å². The number of amidine groups is 2. The molecule has 186 valence electrons. The molecule has 1 amide bonds. The van der Waals surface area contributed by atoms with Gasteiger partial charge in [-0.1, -0.05) is 25.1 Å². The number of aliphatic imine (C=N–C) groups is 1. The van der Waals surface area contributed by atoms with Crippen molar-refractivity contribution in [3.63, 3.8) is 0 Å². The molecule has 2 aliphatic rings. The van der Waals surface area contributed by atoms with Crippen molar-refractivity contribution < 1.29 is 27.6 Å². The number of rotatable bonds is 7. The highest BCUT2D eigenvalue weighted by Crippen LogP contribution is 2.33. The van der Waals surface area contributed by atoms with Crippen molar-refractivity contribution in [2.24, 2.45) is 10.1 Å². The van der Waals surface area contributed by atoms with Crippen molar-refractivity contribution in [1.82, 2.24) is 5.01 Å². The van der Waals surface area contributed by atoms with Crippen LogP contribution in [0.15, 0.2) is 58.1 Å². The third-order valence-electron chi connectivity index (χ3n) is 5.15.